The van der Waals surface area contributed by atoms with Crippen LogP contribution in [-0.4, -0.2) is 382 Å². The number of nitrogens with zero attached hydrogens (tertiary/aromatic N) is 43. The maximum absolute atomic E-state index is 6.65. The summed E-state index contributed by atoms with van der Waals surface area (Å²) in [4.78, 5) is 155. The normalized spacial score (nSPS) is 18.6. The Morgan fingerprint density at radius 2 is 0.273 bits per heavy atom. The van der Waals surface area contributed by atoms with Crippen LogP contribution >= 0.6 is 116 Å². The van der Waals surface area contributed by atoms with Gasteiger partial charge in [0.1, 0.15) is 11.6 Å². The molecule has 18 heterocycles. The van der Waals surface area contributed by atoms with Crippen LogP contribution in [0.5, 0.6) is 0 Å². The Morgan fingerprint density at radius 1 is 0.157 bits per heavy atom. The smallest absolute Gasteiger partial charge is 0.231 e. The van der Waals surface area contributed by atoms with Crippen LogP contribution in [0.4, 0.5) is 89.2 Å². The highest BCUT2D eigenvalue weighted by atomic mass is 35.5. The number of aromatic nitrogens is 27. The van der Waals surface area contributed by atoms with Crippen molar-refractivity contribution in [3.8, 4) is 0 Å². The molecule has 45 nitrogen and oxygen atoms in total. The molecule has 55 heteroatoms. The first-order valence-electron chi connectivity index (χ1n) is 39.3. The zero-order chi connectivity index (χ0) is 83.8. The van der Waals surface area contributed by atoms with Crippen molar-refractivity contribution >= 4 is 205 Å². The summed E-state index contributed by atoms with van der Waals surface area (Å²) in [5, 5.41) is 7.27. The van der Waals surface area contributed by atoms with Crippen molar-refractivity contribution in [2.24, 2.45) is 0 Å². The molecule has 0 bridgehead atoms. The summed E-state index contributed by atoms with van der Waals surface area (Å²) in [7, 11) is 2.11. The van der Waals surface area contributed by atoms with E-state index in [4.69, 9.17) is 151 Å². The fraction of sp³-hybridized carbons (Fsp3) is 0.591. The minimum absolute atomic E-state index is 0.000000000000000444. The van der Waals surface area contributed by atoms with Crippen LogP contribution in [0.15, 0.2) is 0 Å². The fourth-order valence-corrected chi connectivity index (χ4v) is 16.4. The number of rotatable bonds is 15. The van der Waals surface area contributed by atoms with Crippen molar-refractivity contribution in [3.05, 3.63) is 64.5 Å². The van der Waals surface area contributed by atoms with E-state index < -0.39 is 0 Å². The molecule has 2 N–H and O–H groups in total. The fourth-order valence-electron chi connectivity index (χ4n) is 14.7. The summed E-state index contributed by atoms with van der Waals surface area (Å²) in [6.07, 6.45) is 0. The molecule has 9 fully saturated rings. The van der Waals surface area contributed by atoms with Gasteiger partial charge in [0, 0.05) is 236 Å². The molecule has 0 atom stereocenters. The molecule has 0 aliphatic carbocycles. The largest absolute Gasteiger partial charge is 0.338 e. The molecular formula is C66H83Cl10N45. The number of halogens is 10. The standard InChI is InChI=1S/C59H73Cl7N40.C4H10N2.C3Cl3N3/c1-36-67-37(2)69-45(68-36)93-8-10-94(11-9-93)48-72-39(61)73-49(85-48)97-16-18-98(19-17-97)52-76-41(63)77-53(87-52)101-24-26-102(27-25-101)56-80-43(65)81-57(89-56)105-32-34-106(35-33-105)59-83-44(66)82-58(90-59)104-30-28-103(29-31-104)55-79-42(64)78-54(88-55)100-22-20-99(21-23-100)51-75-40(62)74-50(86-51)96-14-12-95(13-15-96)47-71-38(60)70-46(84-47)92-6-4-91(3)5-7-92;1-2-6-4-3-5-1;4-1-7-2(5)9-3(6)8-1/h4-35H2,1-3H3;5-6H,1-4H2;. The first kappa shape index (κ1) is 85.4. The van der Waals surface area contributed by atoms with Gasteiger partial charge in [0.05, 0.1) is 0 Å². The molecular weight excluding hydrogens is 1780 g/mol. The Kier molecular flexibility index (Phi) is 27.6. The third-order valence-corrected chi connectivity index (χ3v) is 22.8. The van der Waals surface area contributed by atoms with Gasteiger partial charge in [-0.1, -0.05) is 0 Å². The number of anilines is 15. The second-order valence-corrected chi connectivity index (χ2v) is 32.3. The first-order chi connectivity index (χ1) is 58.6. The molecule has 9 aliphatic heterocycles. The number of hydrogen-bond acceptors (Lipinski definition) is 45. The van der Waals surface area contributed by atoms with Crippen molar-refractivity contribution in [2.75, 3.05) is 316 Å². The lowest BCUT2D eigenvalue weighted by atomic mass is 10.3. The van der Waals surface area contributed by atoms with Crippen LogP contribution in [0.25, 0.3) is 0 Å². The molecule has 0 spiro atoms. The molecule has 0 unspecified atom stereocenters. The molecule has 18 rings (SSSR count). The highest BCUT2D eigenvalue weighted by Crippen LogP contribution is 2.31. The van der Waals surface area contributed by atoms with E-state index in [1.165, 1.54) is 0 Å². The summed E-state index contributed by atoms with van der Waals surface area (Å²) in [5.74, 6) is 9.09. The van der Waals surface area contributed by atoms with Gasteiger partial charge in [-0.25, -0.2) is 4.98 Å². The van der Waals surface area contributed by atoms with Gasteiger partial charge in [-0.3, -0.25) is 0 Å². The van der Waals surface area contributed by atoms with Crippen molar-refractivity contribution in [3.63, 3.8) is 0 Å². The predicted molar refractivity (Wildman–Crippen MR) is 464 cm³/mol. The lowest BCUT2D eigenvalue weighted by Crippen LogP contribution is -2.50. The van der Waals surface area contributed by atoms with Gasteiger partial charge in [-0.05, 0) is 137 Å². The molecule has 9 aliphatic rings. The summed E-state index contributed by atoms with van der Waals surface area (Å²) in [6, 6.07) is 0. The van der Waals surface area contributed by atoms with Gasteiger partial charge in [0.2, 0.25) is 142 Å². The van der Waals surface area contributed by atoms with E-state index in [0.717, 1.165) is 52.4 Å². The van der Waals surface area contributed by atoms with Gasteiger partial charge in [-0.2, -0.15) is 130 Å². The number of nitrogens with one attached hydrogen (secondary N) is 2. The number of likely N-dealkylation sites (N-methyl/N-ethyl adjacent to an activating group) is 1. The van der Waals surface area contributed by atoms with Crippen molar-refractivity contribution in [2.45, 2.75) is 13.8 Å². The number of piperazine rings is 9. The molecule has 9 aromatic heterocycles. The molecule has 0 aromatic carbocycles. The average molecular weight is 1860 g/mol. The van der Waals surface area contributed by atoms with Gasteiger partial charge >= 0.3 is 0 Å². The maximum Gasteiger partial charge on any atom is 0.231 e. The number of aryl methyl sites for hydroxylation is 2. The minimum atomic E-state index is 0.000000000000000444. The zero-order valence-corrected chi connectivity index (χ0v) is 73.5. The Bertz CT molecular complexity index is 4950. The van der Waals surface area contributed by atoms with Gasteiger partial charge in [0.25, 0.3) is 0 Å². The topological polar surface area (TPSA) is 424 Å². The van der Waals surface area contributed by atoms with Gasteiger partial charge < -0.3 is 89.0 Å². The van der Waals surface area contributed by atoms with Crippen LogP contribution in [0.3, 0.4) is 0 Å². The molecule has 9 aromatic rings. The molecule has 121 heavy (non-hydrogen) atoms. The highest BCUT2D eigenvalue weighted by molar-refractivity contribution is 6.33. The van der Waals surface area contributed by atoms with Crippen molar-refractivity contribution < 1.29 is 0 Å². The average Bonchev–Trinajstić information content (AvgIpc) is 0.834. The molecule has 9 saturated heterocycles. The Morgan fingerprint density at radius 3 is 0.405 bits per heavy atom. The predicted octanol–water partition coefficient (Wildman–Crippen LogP) is 2.41. The van der Waals surface area contributed by atoms with Crippen LogP contribution in [0.1, 0.15) is 11.6 Å². The van der Waals surface area contributed by atoms with Gasteiger partial charge in [-0.15, -0.1) is 0 Å². The third-order valence-electron chi connectivity index (χ3n) is 21.2. The molecule has 0 saturated carbocycles. The zero-order valence-electron chi connectivity index (χ0n) is 66.0. The first-order valence-corrected chi connectivity index (χ1v) is 43.1. The monoisotopic (exact) mass is 1860 g/mol. The highest BCUT2D eigenvalue weighted by Gasteiger charge is 2.34. The maximum atomic E-state index is 6.65. The molecule has 0 radical (unpaired) electrons. The van der Waals surface area contributed by atoms with E-state index in [1.54, 1.807) is 0 Å². The van der Waals surface area contributed by atoms with Gasteiger partial charge in [0.15, 0.2) is 0 Å². The van der Waals surface area contributed by atoms with E-state index in [1.807, 2.05) is 13.8 Å². The van der Waals surface area contributed by atoms with Crippen LogP contribution in [0, 0.1) is 13.8 Å². The van der Waals surface area contributed by atoms with Crippen LogP contribution < -0.4 is 84.1 Å². The Hall–Kier alpha value is -9.13. The summed E-state index contributed by atoms with van der Waals surface area (Å²) < 4.78 is 0. The molecule has 642 valence electrons. The summed E-state index contributed by atoms with van der Waals surface area (Å²) >= 11 is 62.1. The SMILES string of the molecule is C1CNCCN1.Cc1nc(C)nc(N2CCN(c3nc(Cl)nc(N4CCN(c5nc(Cl)nc(N6CCN(c7nc(Cl)nc(N8CCN(c9nc(Cl)nc(N%10CCN(c%11nc(Cl)nc(N%12CCN(c%13nc(Cl)nc(N%14CCN(c%15nc(Cl)nc(N%16CCN(C)CC%16)n%15)CC%14)n%13)CC%12)n%11)CC%10)n9)CC8)n7)CC6)n5)CC4)n3)CC2)n1.Clc1nc(Cl)nc(Cl)n1. The Balaban J connectivity index is 0.000000656. The van der Waals surface area contributed by atoms with Crippen molar-refractivity contribution in [1.29, 1.82) is 0 Å². The summed E-state index contributed by atoms with van der Waals surface area (Å²) in [6.45, 7) is 28.3. The molecule has 0 amide bonds. The van der Waals surface area contributed by atoms with Crippen molar-refractivity contribution in [1.82, 2.24) is 150 Å². The third kappa shape index (κ3) is 21.9. The quantitative estimate of drug-likeness (QED) is 0.149. The Labute approximate surface area is 744 Å². The van der Waals surface area contributed by atoms with E-state index in [2.05, 4.69) is 196 Å². The van der Waals surface area contributed by atoms with Crippen LogP contribution in [0.2, 0.25) is 52.8 Å². The van der Waals surface area contributed by atoms with E-state index >= 15 is 0 Å². The second kappa shape index (κ2) is 39.2. The van der Waals surface area contributed by atoms with E-state index in [0.29, 0.717) is 284 Å². The lowest BCUT2D eigenvalue weighted by molar-refractivity contribution is 0.311. The van der Waals surface area contributed by atoms with Crippen LogP contribution in [-0.2, 0) is 0 Å². The number of hydrogen-bond donors (Lipinski definition) is 2. The van der Waals surface area contributed by atoms with E-state index in [9.17, 15) is 0 Å². The van der Waals surface area contributed by atoms with E-state index in [-0.39, 0.29) is 52.8 Å². The summed E-state index contributed by atoms with van der Waals surface area (Å²) in [5.41, 5.74) is 0. The second-order valence-electron chi connectivity index (χ2n) is 28.9. The lowest BCUT2D eigenvalue weighted by Gasteiger charge is -2.38. The minimum Gasteiger partial charge on any atom is -0.338 e.